The first-order valence-corrected chi connectivity index (χ1v) is 7.53. The maximum Gasteiger partial charge on any atom is 0.330 e. The summed E-state index contributed by atoms with van der Waals surface area (Å²) in [5.41, 5.74) is 0.129. The van der Waals surface area contributed by atoms with Crippen LogP contribution in [0.2, 0.25) is 0 Å². The monoisotopic (exact) mass is 285 g/mol. The van der Waals surface area contributed by atoms with Crippen molar-refractivity contribution in [3.05, 3.63) is 48.0 Å². The standard InChI is InChI=1S/C18H23NO2/c1-4-12-19-18(3,17(20)21-5-2)16-11-10-14-8-6-7-9-15(14)13-16/h6-11,13,19H,4-5,12H2,1-3H3. The molecule has 0 saturated carbocycles. The Hall–Kier alpha value is -1.87. The van der Waals surface area contributed by atoms with Crippen molar-refractivity contribution in [2.45, 2.75) is 32.7 Å². The lowest BCUT2D eigenvalue weighted by Crippen LogP contribution is -2.48. The quantitative estimate of drug-likeness (QED) is 0.824. The molecule has 0 spiro atoms. The lowest BCUT2D eigenvalue weighted by atomic mass is 9.90. The fraction of sp³-hybridized carbons (Fsp3) is 0.389. The summed E-state index contributed by atoms with van der Waals surface area (Å²) in [5, 5.41) is 5.63. The van der Waals surface area contributed by atoms with E-state index in [9.17, 15) is 4.79 Å². The molecule has 21 heavy (non-hydrogen) atoms. The average molecular weight is 285 g/mol. The maximum atomic E-state index is 12.4. The van der Waals surface area contributed by atoms with Crippen molar-refractivity contribution in [1.82, 2.24) is 5.32 Å². The second-order valence-electron chi connectivity index (χ2n) is 5.33. The second-order valence-corrected chi connectivity index (χ2v) is 5.33. The third-order valence-corrected chi connectivity index (χ3v) is 3.74. The summed E-state index contributed by atoms with van der Waals surface area (Å²) >= 11 is 0. The zero-order valence-corrected chi connectivity index (χ0v) is 13.0. The van der Waals surface area contributed by atoms with Crippen molar-refractivity contribution in [3.8, 4) is 0 Å². The average Bonchev–Trinajstić information content (AvgIpc) is 2.52. The van der Waals surface area contributed by atoms with E-state index in [1.54, 1.807) is 0 Å². The van der Waals surface area contributed by atoms with Crippen molar-refractivity contribution in [2.75, 3.05) is 13.2 Å². The van der Waals surface area contributed by atoms with E-state index in [1.165, 1.54) is 5.39 Å². The van der Waals surface area contributed by atoms with Crippen LogP contribution in [0.3, 0.4) is 0 Å². The highest BCUT2D eigenvalue weighted by molar-refractivity contribution is 5.87. The van der Waals surface area contributed by atoms with Gasteiger partial charge < -0.3 is 4.74 Å². The Kier molecular flexibility index (Phi) is 4.97. The van der Waals surface area contributed by atoms with Crippen LogP contribution in [-0.2, 0) is 15.1 Å². The molecule has 3 nitrogen and oxygen atoms in total. The first-order chi connectivity index (χ1) is 10.1. The molecule has 2 aromatic rings. The molecule has 0 aliphatic heterocycles. The number of fused-ring (bicyclic) bond motifs is 1. The Morgan fingerprint density at radius 1 is 1.14 bits per heavy atom. The zero-order valence-electron chi connectivity index (χ0n) is 13.0. The van der Waals surface area contributed by atoms with E-state index in [0.29, 0.717) is 6.61 Å². The maximum absolute atomic E-state index is 12.4. The minimum absolute atomic E-state index is 0.228. The molecule has 2 rings (SSSR count). The van der Waals surface area contributed by atoms with Gasteiger partial charge in [-0.05, 0) is 49.2 Å². The number of benzene rings is 2. The molecule has 0 radical (unpaired) electrons. The van der Waals surface area contributed by atoms with E-state index in [4.69, 9.17) is 4.74 Å². The zero-order chi connectivity index (χ0) is 15.3. The predicted octanol–water partition coefficient (Wildman–Crippen LogP) is 3.62. The molecule has 0 saturated heterocycles. The van der Waals surface area contributed by atoms with Crippen molar-refractivity contribution in [2.24, 2.45) is 0 Å². The topological polar surface area (TPSA) is 38.3 Å². The van der Waals surface area contributed by atoms with Crippen LogP contribution >= 0.6 is 0 Å². The normalized spacial score (nSPS) is 13.9. The number of nitrogens with one attached hydrogen (secondary N) is 1. The van der Waals surface area contributed by atoms with Crippen molar-refractivity contribution in [3.63, 3.8) is 0 Å². The van der Waals surface area contributed by atoms with E-state index in [2.05, 4.69) is 36.5 Å². The van der Waals surface area contributed by atoms with Gasteiger partial charge >= 0.3 is 5.97 Å². The number of rotatable bonds is 6. The number of carbonyl (C=O) groups excluding carboxylic acids is 1. The number of hydrogen-bond donors (Lipinski definition) is 1. The number of carbonyl (C=O) groups is 1. The summed E-state index contributed by atoms with van der Waals surface area (Å²) < 4.78 is 5.27. The molecule has 112 valence electrons. The number of ether oxygens (including phenoxy) is 1. The van der Waals surface area contributed by atoms with Gasteiger partial charge in [0.1, 0.15) is 5.54 Å². The van der Waals surface area contributed by atoms with Gasteiger partial charge in [0.05, 0.1) is 6.61 Å². The summed E-state index contributed by atoms with van der Waals surface area (Å²) in [6.07, 6.45) is 0.961. The molecule has 0 heterocycles. The highest BCUT2D eigenvalue weighted by Crippen LogP contribution is 2.26. The number of esters is 1. The van der Waals surface area contributed by atoms with Crippen LogP contribution in [0.4, 0.5) is 0 Å². The van der Waals surface area contributed by atoms with Gasteiger partial charge in [0, 0.05) is 0 Å². The molecule has 0 aliphatic rings. The third kappa shape index (κ3) is 3.24. The van der Waals surface area contributed by atoms with Gasteiger partial charge in [0.25, 0.3) is 0 Å². The van der Waals surface area contributed by atoms with Crippen LogP contribution in [0, 0.1) is 0 Å². The van der Waals surface area contributed by atoms with Crippen LogP contribution in [-0.4, -0.2) is 19.1 Å². The first kappa shape index (κ1) is 15.5. The summed E-state index contributed by atoms with van der Waals surface area (Å²) in [6, 6.07) is 14.3. The largest absolute Gasteiger partial charge is 0.464 e. The van der Waals surface area contributed by atoms with Gasteiger partial charge in [-0.3, -0.25) is 5.32 Å². The third-order valence-electron chi connectivity index (χ3n) is 3.74. The lowest BCUT2D eigenvalue weighted by Gasteiger charge is -2.29. The van der Waals surface area contributed by atoms with Gasteiger partial charge in [0.15, 0.2) is 0 Å². The van der Waals surface area contributed by atoms with Crippen molar-refractivity contribution in [1.29, 1.82) is 0 Å². The predicted molar refractivity (Wildman–Crippen MR) is 86.2 cm³/mol. The van der Waals surface area contributed by atoms with Gasteiger partial charge in [-0.25, -0.2) is 4.79 Å². The minimum atomic E-state index is -0.809. The van der Waals surface area contributed by atoms with Crippen LogP contribution in [0.5, 0.6) is 0 Å². The molecule has 1 atom stereocenters. The molecular formula is C18H23NO2. The van der Waals surface area contributed by atoms with Crippen molar-refractivity contribution >= 4 is 16.7 Å². The summed E-state index contributed by atoms with van der Waals surface area (Å²) in [5.74, 6) is -0.228. The van der Waals surface area contributed by atoms with E-state index in [1.807, 2.05) is 32.0 Å². The minimum Gasteiger partial charge on any atom is -0.464 e. The van der Waals surface area contributed by atoms with Gasteiger partial charge in [0.2, 0.25) is 0 Å². The molecule has 0 aliphatic carbocycles. The van der Waals surface area contributed by atoms with Gasteiger partial charge in [-0.1, -0.05) is 43.3 Å². The second kappa shape index (κ2) is 6.72. The van der Waals surface area contributed by atoms with E-state index in [0.717, 1.165) is 23.9 Å². The highest BCUT2D eigenvalue weighted by Gasteiger charge is 2.36. The van der Waals surface area contributed by atoms with Crippen LogP contribution in [0.15, 0.2) is 42.5 Å². The fourth-order valence-electron chi connectivity index (χ4n) is 2.44. The SMILES string of the molecule is CCCNC(C)(C(=O)OCC)c1ccc2ccccc2c1. The summed E-state index contributed by atoms with van der Waals surface area (Å²) in [6.45, 7) is 6.96. The van der Waals surface area contributed by atoms with Gasteiger partial charge in [-0.2, -0.15) is 0 Å². The van der Waals surface area contributed by atoms with E-state index in [-0.39, 0.29) is 5.97 Å². The summed E-state index contributed by atoms with van der Waals surface area (Å²) in [7, 11) is 0. The smallest absolute Gasteiger partial charge is 0.330 e. The molecule has 0 bridgehead atoms. The molecule has 0 amide bonds. The Labute approximate surface area is 126 Å². The van der Waals surface area contributed by atoms with Crippen LogP contribution < -0.4 is 5.32 Å². The summed E-state index contributed by atoms with van der Waals surface area (Å²) in [4.78, 5) is 12.4. The molecule has 1 N–H and O–H groups in total. The highest BCUT2D eigenvalue weighted by atomic mass is 16.5. The van der Waals surface area contributed by atoms with Crippen LogP contribution in [0.1, 0.15) is 32.8 Å². The van der Waals surface area contributed by atoms with Crippen LogP contribution in [0.25, 0.3) is 10.8 Å². The molecule has 0 aromatic heterocycles. The Morgan fingerprint density at radius 3 is 2.52 bits per heavy atom. The Morgan fingerprint density at radius 2 is 1.86 bits per heavy atom. The van der Waals surface area contributed by atoms with E-state index < -0.39 is 5.54 Å². The molecule has 3 heteroatoms. The molecule has 0 fully saturated rings. The van der Waals surface area contributed by atoms with Crippen molar-refractivity contribution < 1.29 is 9.53 Å². The molecule has 2 aromatic carbocycles. The Bertz CT molecular complexity index is 623. The molecule has 1 unspecified atom stereocenters. The first-order valence-electron chi connectivity index (χ1n) is 7.53. The number of hydrogen-bond acceptors (Lipinski definition) is 3. The lowest BCUT2D eigenvalue weighted by molar-refractivity contribution is -0.151. The van der Waals surface area contributed by atoms with Gasteiger partial charge in [-0.15, -0.1) is 0 Å². The van der Waals surface area contributed by atoms with E-state index >= 15 is 0 Å². The Balaban J connectivity index is 2.44. The fourth-order valence-corrected chi connectivity index (χ4v) is 2.44. The molecular weight excluding hydrogens is 262 g/mol.